The van der Waals surface area contributed by atoms with Crippen molar-refractivity contribution < 1.29 is 38.7 Å². The molecule has 0 saturated carbocycles. The Labute approximate surface area is 445 Å². The first-order valence-electron chi connectivity index (χ1n) is 23.0. The van der Waals surface area contributed by atoms with E-state index < -0.39 is 35.4 Å². The van der Waals surface area contributed by atoms with Crippen molar-refractivity contribution in [2.24, 2.45) is 11.5 Å². The number of aliphatic carboxylic acids is 2. The predicted molar refractivity (Wildman–Crippen MR) is 289 cm³/mol. The van der Waals surface area contributed by atoms with Gasteiger partial charge >= 0.3 is 11.4 Å². The number of carbonyl (C=O) groups is 2. The molecule has 8 aromatic rings. The van der Waals surface area contributed by atoms with E-state index >= 15 is 0 Å². The molecule has 4 heterocycles. The van der Waals surface area contributed by atoms with Crippen molar-refractivity contribution in [3.8, 4) is 34.9 Å². The number of nitrogens with zero attached hydrogens (tertiary/aromatic N) is 8. The quantitative estimate of drug-likeness (QED) is 0.0273. The number of hydrogen-bond acceptors (Lipinski definition) is 18. The van der Waals surface area contributed by atoms with Crippen molar-refractivity contribution in [2.45, 2.75) is 25.9 Å². The second-order valence-electron chi connectivity index (χ2n) is 15.7. The first-order valence-corrected chi connectivity index (χ1v) is 23.0. The first-order chi connectivity index (χ1) is 37.5. The highest BCUT2D eigenvalue weighted by Gasteiger charge is 2.25. The Morgan fingerprint density at radius 2 is 0.949 bits per heavy atom. The van der Waals surface area contributed by atoms with Crippen LogP contribution in [0.1, 0.15) is 59.8 Å². The number of hydrogen-bond donors (Lipinski definition) is 10. The van der Waals surface area contributed by atoms with Gasteiger partial charge in [-0.2, -0.15) is 0 Å². The number of nitrogens with one attached hydrogen (secondary N) is 6. The van der Waals surface area contributed by atoms with Gasteiger partial charge in [-0.05, 0) is 96.1 Å². The summed E-state index contributed by atoms with van der Waals surface area (Å²) in [7, 11) is 3.11. The third kappa shape index (κ3) is 16.5. The number of anilines is 2. The van der Waals surface area contributed by atoms with Crippen LogP contribution in [0.15, 0.2) is 157 Å². The smallest absolute Gasteiger partial charge is 0.350 e. The van der Waals surface area contributed by atoms with E-state index in [1.807, 2.05) is 12.1 Å². The van der Waals surface area contributed by atoms with Crippen molar-refractivity contribution in [1.82, 2.24) is 49.5 Å². The van der Waals surface area contributed by atoms with Crippen molar-refractivity contribution >= 4 is 35.0 Å². The standard InChI is InChI=1S/2C24H24N8O3.2C2H4O2/c2*1-3-13-35-19-14-16(7-10-18(19)34-2)20(29-17-8-5-15(6-9-17)21(25)26)22-30-24(33)32(31-22)23-27-11-4-12-28-23;2*1-2(3)4/h2*3-12,14,20,29H,1,13H2,2H3,(H3,25,26)(H,30,31,33);2*1H3,(H,3,4)/t20-;;;/m0.../s1. The lowest BCUT2D eigenvalue weighted by Crippen LogP contribution is -2.18. The maximum Gasteiger partial charge on any atom is 0.350 e. The zero-order chi connectivity index (χ0) is 56.7. The van der Waals surface area contributed by atoms with Crippen LogP contribution in [0.25, 0.3) is 11.9 Å². The van der Waals surface area contributed by atoms with Crippen LogP contribution in [0.3, 0.4) is 0 Å². The minimum atomic E-state index is -0.833. The zero-order valence-corrected chi connectivity index (χ0v) is 42.6. The van der Waals surface area contributed by atoms with Crippen LogP contribution >= 0.6 is 0 Å². The Bertz CT molecular complexity index is 3180. The molecule has 2 atom stereocenters. The largest absolute Gasteiger partial charge is 0.493 e. The summed E-state index contributed by atoms with van der Waals surface area (Å²) in [5.74, 6) is 1.36. The molecule has 26 heteroatoms. The number of aromatic nitrogens is 10. The van der Waals surface area contributed by atoms with Gasteiger partial charge in [-0.15, -0.1) is 19.6 Å². The molecule has 4 aromatic carbocycles. The van der Waals surface area contributed by atoms with Gasteiger partial charge in [0.2, 0.25) is 0 Å². The number of carboxylic acid groups (broad SMARTS) is 2. The highest BCUT2D eigenvalue weighted by molar-refractivity contribution is 5.95. The summed E-state index contributed by atoms with van der Waals surface area (Å²) in [5.41, 5.74) is 14.3. The summed E-state index contributed by atoms with van der Waals surface area (Å²) in [6.45, 7) is 10.1. The van der Waals surface area contributed by atoms with Gasteiger partial charge in [0.25, 0.3) is 23.8 Å². The normalized spacial score (nSPS) is 10.9. The number of ether oxygens (including phenoxy) is 4. The number of methoxy groups -OCH3 is 2. The molecule has 1 unspecified atom stereocenters. The minimum Gasteiger partial charge on any atom is -0.493 e. The van der Waals surface area contributed by atoms with Gasteiger partial charge in [0, 0.05) is 61.1 Å². The van der Waals surface area contributed by atoms with Gasteiger partial charge in [0.05, 0.1) is 14.2 Å². The first kappa shape index (κ1) is 58.0. The molecule has 0 saturated heterocycles. The Balaban J connectivity index is 0.000000253. The molecule has 0 aliphatic rings. The molecule has 78 heavy (non-hydrogen) atoms. The zero-order valence-electron chi connectivity index (χ0n) is 42.6. The Kier molecular flexibility index (Phi) is 21.2. The average Bonchev–Trinajstić information content (AvgIpc) is 4.07. The molecule has 4 aromatic heterocycles. The lowest BCUT2D eigenvalue weighted by molar-refractivity contribution is -0.135. The molecule has 26 nitrogen and oxygen atoms in total. The number of amidine groups is 2. The highest BCUT2D eigenvalue weighted by Crippen LogP contribution is 2.35. The van der Waals surface area contributed by atoms with Gasteiger partial charge < -0.3 is 51.3 Å². The van der Waals surface area contributed by atoms with Gasteiger partial charge in [-0.3, -0.25) is 30.4 Å². The van der Waals surface area contributed by atoms with Crippen LogP contribution < -0.4 is 52.4 Å². The topological polar surface area (TPSA) is 388 Å². The highest BCUT2D eigenvalue weighted by atomic mass is 16.5. The number of aromatic amines is 2. The second-order valence-corrected chi connectivity index (χ2v) is 15.7. The number of benzene rings is 4. The van der Waals surface area contributed by atoms with Gasteiger partial charge in [-0.25, -0.2) is 29.5 Å². The molecule has 0 fully saturated rings. The molecule has 0 radical (unpaired) electrons. The summed E-state index contributed by atoms with van der Waals surface area (Å²) in [6, 6.07) is 27.1. The molecule has 0 bridgehead atoms. The monoisotopic (exact) mass is 1060 g/mol. The second kappa shape index (κ2) is 28.5. The molecular weight excluding hydrogens is 1010 g/mol. The Hall–Kier alpha value is -10.9. The van der Waals surface area contributed by atoms with E-state index in [0.29, 0.717) is 59.0 Å². The molecule has 0 aliphatic heterocycles. The van der Waals surface area contributed by atoms with Crippen LogP contribution in [-0.2, 0) is 9.59 Å². The lowest BCUT2D eigenvalue weighted by Gasteiger charge is -2.20. The Morgan fingerprint density at radius 1 is 0.615 bits per heavy atom. The third-order valence-corrected chi connectivity index (χ3v) is 10.1. The van der Waals surface area contributed by atoms with Crippen LogP contribution in [-0.4, -0.2) is 111 Å². The fourth-order valence-corrected chi connectivity index (χ4v) is 6.73. The molecule has 0 spiro atoms. The number of carboxylic acids is 2. The van der Waals surface area contributed by atoms with Crippen molar-refractivity contribution in [2.75, 3.05) is 38.1 Å². The van der Waals surface area contributed by atoms with Gasteiger partial charge in [0.15, 0.2) is 34.6 Å². The summed E-state index contributed by atoms with van der Waals surface area (Å²) in [4.78, 5) is 65.4. The molecular formula is C52H56N16O10. The molecule has 0 amide bonds. The maximum atomic E-state index is 12.7. The van der Waals surface area contributed by atoms with Gasteiger partial charge in [0.1, 0.15) is 37.0 Å². The Morgan fingerprint density at radius 3 is 1.24 bits per heavy atom. The number of H-pyrrole nitrogens is 2. The van der Waals surface area contributed by atoms with Crippen molar-refractivity contribution in [3.63, 3.8) is 0 Å². The van der Waals surface area contributed by atoms with Crippen LogP contribution in [0.2, 0.25) is 0 Å². The van der Waals surface area contributed by atoms with Crippen molar-refractivity contribution in [1.29, 1.82) is 10.8 Å². The van der Waals surface area contributed by atoms with E-state index in [4.69, 9.17) is 61.0 Å². The predicted octanol–water partition coefficient (Wildman–Crippen LogP) is 5.00. The summed E-state index contributed by atoms with van der Waals surface area (Å²) < 4.78 is 24.6. The lowest BCUT2D eigenvalue weighted by atomic mass is 10.0. The van der Waals surface area contributed by atoms with E-state index in [2.05, 4.69) is 63.9 Å². The molecule has 8 rings (SSSR count). The average molecular weight is 1070 g/mol. The number of rotatable bonds is 20. The van der Waals surface area contributed by atoms with Crippen LogP contribution in [0, 0.1) is 10.8 Å². The summed E-state index contributed by atoms with van der Waals surface area (Å²) in [5, 5.41) is 45.7. The fourth-order valence-electron chi connectivity index (χ4n) is 6.73. The van der Waals surface area contributed by atoms with E-state index in [0.717, 1.165) is 45.7 Å². The molecule has 12 N–H and O–H groups in total. The summed E-state index contributed by atoms with van der Waals surface area (Å²) >= 11 is 0. The minimum absolute atomic E-state index is 0.0294. The van der Waals surface area contributed by atoms with E-state index in [-0.39, 0.29) is 23.6 Å². The van der Waals surface area contributed by atoms with Crippen LogP contribution in [0.4, 0.5) is 11.4 Å². The van der Waals surface area contributed by atoms with Gasteiger partial charge in [-0.1, -0.05) is 37.4 Å². The van der Waals surface area contributed by atoms with E-state index in [1.165, 1.54) is 24.8 Å². The van der Waals surface area contributed by atoms with Crippen LogP contribution in [0.5, 0.6) is 23.0 Å². The van der Waals surface area contributed by atoms with Crippen molar-refractivity contribution in [3.05, 3.63) is 202 Å². The maximum absolute atomic E-state index is 12.7. The summed E-state index contributed by atoms with van der Waals surface area (Å²) in [6.07, 6.45) is 9.39. The third-order valence-electron chi connectivity index (χ3n) is 10.1. The fraction of sp³-hybridized carbons (Fsp3) is 0.154. The van der Waals surface area contributed by atoms with E-state index in [1.54, 1.807) is 111 Å². The number of nitrogen functional groups attached to an aromatic ring is 2. The van der Waals surface area contributed by atoms with E-state index in [9.17, 15) is 9.59 Å². The molecule has 0 aliphatic carbocycles. The number of nitrogens with two attached hydrogens (primary N) is 2. The molecule has 404 valence electrons. The SMILES string of the molecule is C=CCOc1cc(C(Nc2ccc(C(=N)N)cc2)c2nn(-c3ncccn3)c(=O)[nH]2)ccc1OC.C=CCOc1cc([C@H](Nc2ccc(C(=N)N)cc2)c2nn(-c3ncccn3)c(=O)[nH]2)ccc1OC.CC(=O)O.CC(=O)O.